The molecule has 0 atom stereocenters. The number of rotatable bonds is 2. The Morgan fingerprint density at radius 1 is 1.19 bits per heavy atom. The lowest BCUT2D eigenvalue weighted by Crippen LogP contribution is -2.35. The quantitative estimate of drug-likeness (QED) is 0.592. The molecule has 1 N–H and O–H groups in total. The first kappa shape index (κ1) is 15.2. The van der Waals surface area contributed by atoms with E-state index in [9.17, 15) is 9.18 Å². The SMILES string of the molecule is O=C1NCCn2nc(-c3ncnc4sccc34)c(-c3cccc(F)c3)c21. The number of hydrogen-bond donors (Lipinski definition) is 1. The number of carbonyl (C=O) groups excluding carboxylic acids is 1. The fraction of sp³-hybridized carbons (Fsp3) is 0.111. The summed E-state index contributed by atoms with van der Waals surface area (Å²) in [6, 6.07) is 8.12. The molecule has 0 saturated carbocycles. The molecule has 0 unspecified atom stereocenters. The number of nitrogens with one attached hydrogen (secondary N) is 1. The van der Waals surface area contributed by atoms with Crippen LogP contribution in [0.1, 0.15) is 10.5 Å². The molecule has 128 valence electrons. The highest BCUT2D eigenvalue weighted by atomic mass is 32.1. The predicted molar refractivity (Wildman–Crippen MR) is 96.4 cm³/mol. The van der Waals surface area contributed by atoms with E-state index >= 15 is 0 Å². The molecule has 0 spiro atoms. The summed E-state index contributed by atoms with van der Waals surface area (Å²) in [4.78, 5) is 22.1. The average molecular weight is 365 g/mol. The molecule has 26 heavy (non-hydrogen) atoms. The molecule has 1 aliphatic rings. The van der Waals surface area contributed by atoms with Gasteiger partial charge in [0.15, 0.2) is 0 Å². The Kier molecular flexibility index (Phi) is 3.32. The number of thiophene rings is 1. The van der Waals surface area contributed by atoms with E-state index in [0.29, 0.717) is 41.3 Å². The summed E-state index contributed by atoms with van der Waals surface area (Å²) < 4.78 is 15.5. The molecule has 3 aromatic heterocycles. The summed E-state index contributed by atoms with van der Waals surface area (Å²) in [5.41, 5.74) is 2.82. The van der Waals surface area contributed by atoms with E-state index in [4.69, 9.17) is 0 Å². The van der Waals surface area contributed by atoms with Crippen LogP contribution in [0.15, 0.2) is 42.0 Å². The van der Waals surface area contributed by atoms with E-state index in [0.717, 1.165) is 10.2 Å². The van der Waals surface area contributed by atoms with Crippen LogP contribution in [0.3, 0.4) is 0 Å². The van der Waals surface area contributed by atoms with Crippen molar-refractivity contribution < 1.29 is 9.18 Å². The van der Waals surface area contributed by atoms with Crippen LogP contribution in [0.2, 0.25) is 0 Å². The van der Waals surface area contributed by atoms with Crippen molar-refractivity contribution in [3.05, 3.63) is 53.6 Å². The summed E-state index contributed by atoms with van der Waals surface area (Å²) in [5, 5.41) is 10.3. The summed E-state index contributed by atoms with van der Waals surface area (Å²) in [6.07, 6.45) is 1.49. The molecule has 0 aliphatic carbocycles. The van der Waals surface area contributed by atoms with Crippen LogP contribution in [0, 0.1) is 5.82 Å². The number of benzene rings is 1. The first-order chi connectivity index (χ1) is 12.7. The van der Waals surface area contributed by atoms with Crippen LogP contribution in [0.25, 0.3) is 32.7 Å². The van der Waals surface area contributed by atoms with Gasteiger partial charge in [0.05, 0.1) is 6.54 Å². The smallest absolute Gasteiger partial charge is 0.270 e. The summed E-state index contributed by atoms with van der Waals surface area (Å²) >= 11 is 1.51. The summed E-state index contributed by atoms with van der Waals surface area (Å²) in [6.45, 7) is 1.06. The molecule has 0 radical (unpaired) electrons. The van der Waals surface area contributed by atoms with Gasteiger partial charge < -0.3 is 5.32 Å². The molecule has 4 heterocycles. The molecule has 8 heteroatoms. The minimum atomic E-state index is -0.368. The summed E-state index contributed by atoms with van der Waals surface area (Å²) in [5.74, 6) is -0.585. The first-order valence-electron chi connectivity index (χ1n) is 8.06. The number of fused-ring (bicyclic) bond motifs is 2. The normalized spacial score (nSPS) is 13.7. The van der Waals surface area contributed by atoms with Gasteiger partial charge in [0, 0.05) is 17.5 Å². The Bertz CT molecular complexity index is 1170. The van der Waals surface area contributed by atoms with Crippen molar-refractivity contribution in [2.75, 3.05) is 6.54 Å². The van der Waals surface area contributed by atoms with Crippen molar-refractivity contribution in [1.82, 2.24) is 25.1 Å². The summed E-state index contributed by atoms with van der Waals surface area (Å²) in [7, 11) is 0. The molecule has 5 rings (SSSR count). The van der Waals surface area contributed by atoms with E-state index in [-0.39, 0.29) is 11.7 Å². The maximum absolute atomic E-state index is 13.9. The van der Waals surface area contributed by atoms with Crippen LogP contribution in [-0.4, -0.2) is 32.2 Å². The molecular weight excluding hydrogens is 353 g/mol. The van der Waals surface area contributed by atoms with Gasteiger partial charge in [-0.2, -0.15) is 5.10 Å². The van der Waals surface area contributed by atoms with Gasteiger partial charge in [0.1, 0.15) is 34.1 Å². The lowest BCUT2D eigenvalue weighted by atomic mass is 9.99. The van der Waals surface area contributed by atoms with Gasteiger partial charge >= 0.3 is 0 Å². The molecular formula is C18H12FN5OS. The van der Waals surface area contributed by atoms with E-state index in [2.05, 4.69) is 20.4 Å². The van der Waals surface area contributed by atoms with Gasteiger partial charge in [0.25, 0.3) is 5.91 Å². The molecule has 4 aromatic rings. The van der Waals surface area contributed by atoms with Crippen LogP contribution < -0.4 is 5.32 Å². The van der Waals surface area contributed by atoms with Gasteiger partial charge in [-0.15, -0.1) is 11.3 Å². The molecule has 6 nitrogen and oxygen atoms in total. The van der Waals surface area contributed by atoms with Crippen LogP contribution in [-0.2, 0) is 6.54 Å². The van der Waals surface area contributed by atoms with Crippen molar-refractivity contribution in [1.29, 1.82) is 0 Å². The highest BCUT2D eigenvalue weighted by molar-refractivity contribution is 7.16. The number of carbonyl (C=O) groups is 1. The molecule has 1 amide bonds. The van der Waals surface area contributed by atoms with Crippen molar-refractivity contribution in [2.24, 2.45) is 0 Å². The lowest BCUT2D eigenvalue weighted by molar-refractivity contribution is 0.0925. The topological polar surface area (TPSA) is 72.7 Å². The maximum Gasteiger partial charge on any atom is 0.270 e. The average Bonchev–Trinajstić information content (AvgIpc) is 3.26. The molecule has 1 aromatic carbocycles. The molecule has 0 bridgehead atoms. The van der Waals surface area contributed by atoms with Crippen molar-refractivity contribution >= 4 is 27.5 Å². The second-order valence-electron chi connectivity index (χ2n) is 5.92. The predicted octanol–water partition coefficient (Wildman–Crippen LogP) is 3.10. The minimum Gasteiger partial charge on any atom is -0.349 e. The van der Waals surface area contributed by atoms with Crippen LogP contribution >= 0.6 is 11.3 Å². The van der Waals surface area contributed by atoms with Crippen molar-refractivity contribution in [2.45, 2.75) is 6.54 Å². The van der Waals surface area contributed by atoms with Crippen molar-refractivity contribution in [3.63, 3.8) is 0 Å². The minimum absolute atomic E-state index is 0.218. The van der Waals surface area contributed by atoms with Gasteiger partial charge in [-0.1, -0.05) is 12.1 Å². The highest BCUT2D eigenvalue weighted by Crippen LogP contribution is 2.38. The number of nitrogens with zero attached hydrogens (tertiary/aromatic N) is 4. The fourth-order valence-corrected chi connectivity index (χ4v) is 4.01. The second kappa shape index (κ2) is 5.70. The number of amides is 1. The van der Waals surface area contributed by atoms with Crippen LogP contribution in [0.5, 0.6) is 0 Å². The van der Waals surface area contributed by atoms with Gasteiger partial charge in [-0.25, -0.2) is 14.4 Å². The van der Waals surface area contributed by atoms with Crippen molar-refractivity contribution in [3.8, 4) is 22.5 Å². The van der Waals surface area contributed by atoms with Gasteiger partial charge in [-0.3, -0.25) is 9.48 Å². The first-order valence-corrected chi connectivity index (χ1v) is 8.94. The molecule has 0 fully saturated rings. The Balaban J connectivity index is 1.86. The fourth-order valence-electron chi connectivity index (χ4n) is 3.28. The van der Waals surface area contributed by atoms with E-state index in [1.807, 2.05) is 11.4 Å². The standard InChI is InChI=1S/C18H12FN5OS/c19-11-3-1-2-10(8-11)13-15(23-24-6-5-20-17(25)16(13)24)14-12-4-7-26-18(12)22-9-21-14/h1-4,7-9H,5-6H2,(H,20,25). The van der Waals surface area contributed by atoms with E-state index in [1.54, 1.807) is 16.8 Å². The largest absolute Gasteiger partial charge is 0.349 e. The third-order valence-electron chi connectivity index (χ3n) is 4.38. The monoisotopic (exact) mass is 365 g/mol. The van der Waals surface area contributed by atoms with Gasteiger partial charge in [-0.05, 0) is 29.1 Å². The van der Waals surface area contributed by atoms with Gasteiger partial charge in [0.2, 0.25) is 0 Å². The molecule has 0 saturated heterocycles. The van der Waals surface area contributed by atoms with Crippen LogP contribution in [0.4, 0.5) is 4.39 Å². The number of aromatic nitrogens is 4. The zero-order valence-corrected chi connectivity index (χ0v) is 14.3. The number of halogens is 1. The van der Waals surface area contributed by atoms with E-state index < -0.39 is 0 Å². The third kappa shape index (κ3) is 2.22. The maximum atomic E-state index is 13.9. The Labute approximate surface area is 151 Å². The second-order valence-corrected chi connectivity index (χ2v) is 6.82. The Morgan fingerprint density at radius 3 is 3.00 bits per heavy atom. The zero-order valence-electron chi connectivity index (χ0n) is 13.4. The van der Waals surface area contributed by atoms with E-state index in [1.165, 1.54) is 29.8 Å². The Morgan fingerprint density at radius 2 is 2.12 bits per heavy atom. The molecule has 1 aliphatic heterocycles. The number of hydrogen-bond acceptors (Lipinski definition) is 5. The highest BCUT2D eigenvalue weighted by Gasteiger charge is 2.29. The lowest BCUT2D eigenvalue weighted by Gasteiger charge is -2.15. The zero-order chi connectivity index (χ0) is 17.7. The third-order valence-corrected chi connectivity index (χ3v) is 5.20. The Hall–Kier alpha value is -3.13.